The number of anilines is 2. The number of halogens is 2. The van der Waals surface area contributed by atoms with Crippen LogP contribution in [0.3, 0.4) is 0 Å². The van der Waals surface area contributed by atoms with Gasteiger partial charge < -0.3 is 9.64 Å². The third kappa shape index (κ3) is 4.44. The molecule has 43 heavy (non-hydrogen) atoms. The van der Waals surface area contributed by atoms with Crippen LogP contribution in [0, 0.1) is 11.8 Å². The Bertz CT molecular complexity index is 1840. The van der Waals surface area contributed by atoms with Gasteiger partial charge in [0.15, 0.2) is 5.78 Å². The van der Waals surface area contributed by atoms with Gasteiger partial charge in [-0.15, -0.1) is 0 Å². The van der Waals surface area contributed by atoms with E-state index in [1.165, 1.54) is 12.1 Å². The molecule has 212 valence electrons. The summed E-state index contributed by atoms with van der Waals surface area (Å²) in [5, 5.41) is 0.517. The Morgan fingerprint density at radius 1 is 0.721 bits per heavy atom. The van der Waals surface area contributed by atoms with Crippen molar-refractivity contribution in [2.45, 2.75) is 12.1 Å². The number of imide groups is 1. The fourth-order valence-electron chi connectivity index (χ4n) is 6.29. The molecule has 0 spiro atoms. The van der Waals surface area contributed by atoms with Crippen LogP contribution in [-0.2, 0) is 14.4 Å². The summed E-state index contributed by atoms with van der Waals surface area (Å²) in [5.41, 5.74) is 2.79. The number of fused-ring (bicyclic) bond motifs is 5. The van der Waals surface area contributed by atoms with E-state index in [0.29, 0.717) is 16.1 Å². The highest BCUT2D eigenvalue weighted by Gasteiger charge is 2.65. The van der Waals surface area contributed by atoms with Crippen LogP contribution in [0.4, 0.5) is 11.4 Å². The molecule has 3 aliphatic rings. The van der Waals surface area contributed by atoms with Crippen LogP contribution in [0.1, 0.15) is 21.5 Å². The zero-order chi connectivity index (χ0) is 29.8. The van der Waals surface area contributed by atoms with Crippen LogP contribution in [0.5, 0.6) is 5.75 Å². The number of hydrogen-bond acceptors (Lipinski definition) is 6. The van der Waals surface area contributed by atoms with Gasteiger partial charge in [0.2, 0.25) is 11.8 Å². The normalized spacial score (nSPS) is 21.8. The number of nitrogens with zero attached hydrogens (tertiary/aromatic N) is 2. The van der Waals surface area contributed by atoms with Crippen molar-refractivity contribution < 1.29 is 23.9 Å². The van der Waals surface area contributed by atoms with Crippen LogP contribution in [-0.4, -0.2) is 35.7 Å². The first-order chi connectivity index (χ1) is 20.8. The third-order valence-electron chi connectivity index (χ3n) is 8.18. The Hall–Kier alpha value is -4.72. The summed E-state index contributed by atoms with van der Waals surface area (Å²) >= 11 is 12.5. The van der Waals surface area contributed by atoms with Crippen LogP contribution in [0.2, 0.25) is 10.0 Å². The van der Waals surface area contributed by atoms with Gasteiger partial charge in [-0.1, -0.05) is 83.9 Å². The zero-order valence-corrected chi connectivity index (χ0v) is 23.9. The third-order valence-corrected chi connectivity index (χ3v) is 8.72. The molecule has 0 saturated carbocycles. The maximum absolute atomic E-state index is 14.0. The number of esters is 1. The van der Waals surface area contributed by atoms with Gasteiger partial charge >= 0.3 is 5.97 Å². The Morgan fingerprint density at radius 2 is 1.40 bits per heavy atom. The standard InChI is InChI=1S/C34H22Cl2N2O5/c35-22-13-17-26(24(36)18-22)38-32(40)28-27-16-12-19-6-4-5-9-25(19)37(27)30(29(28)33(38)41)34(42)43-23-14-10-21(11-15-23)31(39)20-7-2-1-3-8-20/h1-18,27-30H/t27-,28-,29+,30-/m1/s1. The van der Waals surface area contributed by atoms with Gasteiger partial charge in [-0.25, -0.2) is 9.69 Å². The summed E-state index contributed by atoms with van der Waals surface area (Å²) in [6.07, 6.45) is 3.76. The van der Waals surface area contributed by atoms with Crippen molar-refractivity contribution in [2.75, 3.05) is 9.80 Å². The fourth-order valence-corrected chi connectivity index (χ4v) is 6.78. The average molecular weight is 609 g/mol. The van der Waals surface area contributed by atoms with E-state index in [1.807, 2.05) is 47.4 Å². The van der Waals surface area contributed by atoms with Gasteiger partial charge in [-0.3, -0.25) is 14.4 Å². The summed E-state index contributed by atoms with van der Waals surface area (Å²) < 4.78 is 5.83. The summed E-state index contributed by atoms with van der Waals surface area (Å²) in [5.74, 6) is -3.48. The Kier molecular flexibility index (Phi) is 6.64. The van der Waals surface area contributed by atoms with Crippen molar-refractivity contribution in [2.24, 2.45) is 11.8 Å². The number of para-hydroxylation sites is 1. The minimum atomic E-state index is -1.10. The Balaban J connectivity index is 1.23. The maximum Gasteiger partial charge on any atom is 0.335 e. The molecule has 2 saturated heterocycles. The minimum absolute atomic E-state index is 0.153. The number of benzene rings is 4. The Morgan fingerprint density at radius 3 is 2.14 bits per heavy atom. The van der Waals surface area contributed by atoms with Gasteiger partial charge in [-0.2, -0.15) is 0 Å². The predicted molar refractivity (Wildman–Crippen MR) is 163 cm³/mol. The predicted octanol–water partition coefficient (Wildman–Crippen LogP) is 6.22. The second-order valence-corrected chi connectivity index (χ2v) is 11.4. The maximum atomic E-state index is 14.0. The topological polar surface area (TPSA) is 84.0 Å². The monoisotopic (exact) mass is 608 g/mol. The van der Waals surface area contributed by atoms with Crippen LogP contribution >= 0.6 is 23.2 Å². The molecule has 4 aromatic carbocycles. The zero-order valence-electron chi connectivity index (χ0n) is 22.4. The molecular weight excluding hydrogens is 587 g/mol. The highest BCUT2D eigenvalue weighted by molar-refractivity contribution is 6.38. The molecule has 0 aromatic heterocycles. The van der Waals surface area contributed by atoms with E-state index in [4.69, 9.17) is 27.9 Å². The first-order valence-electron chi connectivity index (χ1n) is 13.6. The molecule has 0 bridgehead atoms. The molecule has 2 fully saturated rings. The van der Waals surface area contributed by atoms with E-state index >= 15 is 0 Å². The van der Waals surface area contributed by atoms with Crippen LogP contribution in [0.15, 0.2) is 103 Å². The second kappa shape index (κ2) is 10.5. The number of ether oxygens (including phenoxy) is 1. The van der Waals surface area contributed by atoms with Crippen molar-refractivity contribution in [1.82, 2.24) is 0 Å². The highest BCUT2D eigenvalue weighted by atomic mass is 35.5. The SMILES string of the molecule is O=C(c1ccccc1)c1ccc(OC(=O)[C@H]2[C@H]3C(=O)N(c4ccc(Cl)cc4Cl)C(=O)[C@@H]3[C@H]3C=Cc4ccccc4N32)cc1. The number of hydrogen-bond donors (Lipinski definition) is 0. The largest absolute Gasteiger partial charge is 0.425 e. The average Bonchev–Trinajstić information content (AvgIpc) is 3.50. The van der Waals surface area contributed by atoms with Crippen molar-refractivity contribution >= 4 is 64.2 Å². The number of carbonyl (C=O) groups excluding carboxylic acids is 4. The highest BCUT2D eigenvalue weighted by Crippen LogP contribution is 2.50. The molecule has 9 heteroatoms. The van der Waals surface area contributed by atoms with Gasteiger partial charge in [-0.05, 0) is 54.1 Å². The molecule has 4 aromatic rings. The summed E-state index contributed by atoms with van der Waals surface area (Å²) in [7, 11) is 0. The molecule has 3 aliphatic heterocycles. The Labute approximate surface area is 256 Å². The van der Waals surface area contributed by atoms with Crippen LogP contribution in [0.25, 0.3) is 6.08 Å². The lowest BCUT2D eigenvalue weighted by atomic mass is 9.89. The van der Waals surface area contributed by atoms with Crippen molar-refractivity contribution in [3.05, 3.63) is 130 Å². The lowest BCUT2D eigenvalue weighted by Gasteiger charge is -2.36. The van der Waals surface area contributed by atoms with E-state index in [9.17, 15) is 19.2 Å². The lowest BCUT2D eigenvalue weighted by molar-refractivity contribution is -0.139. The molecule has 0 radical (unpaired) electrons. The number of carbonyl (C=O) groups is 4. The van der Waals surface area contributed by atoms with Gasteiger partial charge in [0, 0.05) is 21.8 Å². The number of rotatable bonds is 5. The summed E-state index contributed by atoms with van der Waals surface area (Å²) in [4.78, 5) is 57.6. The van der Waals surface area contributed by atoms with Crippen molar-refractivity contribution in [1.29, 1.82) is 0 Å². The molecular formula is C34H22Cl2N2O5. The van der Waals surface area contributed by atoms with E-state index in [2.05, 4.69) is 0 Å². The molecule has 4 atom stereocenters. The van der Waals surface area contributed by atoms with Crippen molar-refractivity contribution in [3.8, 4) is 5.75 Å². The van der Waals surface area contributed by atoms with Crippen LogP contribution < -0.4 is 14.5 Å². The minimum Gasteiger partial charge on any atom is -0.425 e. The second-order valence-electron chi connectivity index (χ2n) is 10.6. The van der Waals surface area contributed by atoms with E-state index < -0.39 is 41.7 Å². The lowest BCUT2D eigenvalue weighted by Crippen LogP contribution is -2.50. The molecule has 3 heterocycles. The van der Waals surface area contributed by atoms with E-state index in [0.717, 1.165) is 16.2 Å². The smallest absolute Gasteiger partial charge is 0.335 e. The van der Waals surface area contributed by atoms with E-state index in [-0.39, 0.29) is 22.2 Å². The molecule has 0 aliphatic carbocycles. The summed E-state index contributed by atoms with van der Waals surface area (Å²) in [6.45, 7) is 0. The first kappa shape index (κ1) is 27.1. The van der Waals surface area contributed by atoms with Crippen molar-refractivity contribution in [3.63, 3.8) is 0 Å². The molecule has 0 N–H and O–H groups in total. The number of amides is 2. The van der Waals surface area contributed by atoms with Gasteiger partial charge in [0.1, 0.15) is 11.8 Å². The molecule has 7 rings (SSSR count). The summed E-state index contributed by atoms with van der Waals surface area (Å²) in [6, 6.07) is 25.5. The first-order valence-corrected chi connectivity index (χ1v) is 14.4. The molecule has 7 nitrogen and oxygen atoms in total. The van der Waals surface area contributed by atoms with Gasteiger partial charge in [0.05, 0.1) is 28.6 Å². The molecule has 0 unspecified atom stereocenters. The number of ketones is 1. The quantitative estimate of drug-likeness (QED) is 0.116. The molecule has 2 amide bonds. The van der Waals surface area contributed by atoms with E-state index in [1.54, 1.807) is 54.6 Å². The van der Waals surface area contributed by atoms with Gasteiger partial charge in [0.25, 0.3) is 0 Å². The fraction of sp³-hybridized carbons (Fsp3) is 0.118.